The van der Waals surface area contributed by atoms with E-state index in [4.69, 9.17) is 5.73 Å². The Labute approximate surface area is 112 Å². The van der Waals surface area contributed by atoms with Gasteiger partial charge in [-0.15, -0.1) is 0 Å². The largest absolute Gasteiger partial charge is 0.399 e. The molecular formula is C13H20BrN3. The van der Waals surface area contributed by atoms with E-state index in [0.717, 1.165) is 36.3 Å². The molecule has 1 heterocycles. The average Bonchev–Trinajstić information content (AvgIpc) is 2.29. The van der Waals surface area contributed by atoms with Crippen LogP contribution in [-0.4, -0.2) is 42.5 Å². The summed E-state index contributed by atoms with van der Waals surface area (Å²) in [6.45, 7) is 6.64. The van der Waals surface area contributed by atoms with Crippen molar-refractivity contribution in [2.75, 3.05) is 32.4 Å². The molecule has 2 rings (SSSR count). The predicted molar refractivity (Wildman–Crippen MR) is 75.9 cm³/mol. The van der Waals surface area contributed by atoms with Crippen LogP contribution in [0.5, 0.6) is 0 Å². The van der Waals surface area contributed by atoms with Gasteiger partial charge in [0.2, 0.25) is 0 Å². The van der Waals surface area contributed by atoms with Crippen molar-refractivity contribution < 1.29 is 0 Å². The van der Waals surface area contributed by atoms with Gasteiger partial charge < -0.3 is 10.6 Å². The molecule has 3 nitrogen and oxygen atoms in total. The third-order valence-corrected chi connectivity index (χ3v) is 4.28. The van der Waals surface area contributed by atoms with Crippen LogP contribution in [0.2, 0.25) is 0 Å². The minimum absolute atomic E-state index is 0.628. The Bertz CT molecular complexity index is 394. The molecular weight excluding hydrogens is 278 g/mol. The molecule has 0 aromatic heterocycles. The molecule has 0 saturated carbocycles. The topological polar surface area (TPSA) is 32.5 Å². The predicted octanol–water partition coefficient (Wildman–Crippen LogP) is 2.17. The zero-order valence-corrected chi connectivity index (χ0v) is 12.1. The maximum atomic E-state index is 5.83. The summed E-state index contributed by atoms with van der Waals surface area (Å²) in [5.74, 6) is 0. The van der Waals surface area contributed by atoms with Crippen LogP contribution >= 0.6 is 15.9 Å². The smallest absolute Gasteiger partial charge is 0.0318 e. The fraction of sp³-hybridized carbons (Fsp3) is 0.538. The lowest BCUT2D eigenvalue weighted by Crippen LogP contribution is -2.49. The van der Waals surface area contributed by atoms with Crippen molar-refractivity contribution in [1.82, 2.24) is 9.80 Å². The summed E-state index contributed by atoms with van der Waals surface area (Å²) in [5.41, 5.74) is 7.95. The molecule has 1 unspecified atom stereocenters. The number of anilines is 1. The number of hydrogen-bond donors (Lipinski definition) is 1. The molecule has 1 saturated heterocycles. The van der Waals surface area contributed by atoms with Gasteiger partial charge in [0.05, 0.1) is 0 Å². The van der Waals surface area contributed by atoms with Crippen molar-refractivity contribution >= 4 is 21.6 Å². The Morgan fingerprint density at radius 2 is 2.18 bits per heavy atom. The second-order valence-corrected chi connectivity index (χ2v) is 5.77. The molecule has 0 amide bonds. The third kappa shape index (κ3) is 3.21. The van der Waals surface area contributed by atoms with Crippen LogP contribution in [0.3, 0.4) is 0 Å². The number of benzene rings is 1. The number of nitrogens with zero attached hydrogens (tertiary/aromatic N) is 2. The van der Waals surface area contributed by atoms with Gasteiger partial charge in [-0.25, -0.2) is 0 Å². The SMILES string of the molecule is CC1CN(Cc2cc(N)ccc2Br)CCN1C. The van der Waals surface area contributed by atoms with Crippen LogP contribution in [0.1, 0.15) is 12.5 Å². The van der Waals surface area contributed by atoms with Gasteiger partial charge in [0.25, 0.3) is 0 Å². The van der Waals surface area contributed by atoms with Gasteiger partial charge >= 0.3 is 0 Å². The third-order valence-electron chi connectivity index (χ3n) is 3.51. The van der Waals surface area contributed by atoms with Crippen LogP contribution in [0.15, 0.2) is 22.7 Å². The number of nitrogens with two attached hydrogens (primary N) is 1. The number of piperazine rings is 1. The lowest BCUT2D eigenvalue weighted by Gasteiger charge is -2.37. The average molecular weight is 298 g/mol. The summed E-state index contributed by atoms with van der Waals surface area (Å²) in [6, 6.07) is 6.65. The molecule has 17 heavy (non-hydrogen) atoms. The van der Waals surface area contributed by atoms with Crippen LogP contribution in [0.25, 0.3) is 0 Å². The van der Waals surface area contributed by atoms with E-state index >= 15 is 0 Å². The fourth-order valence-corrected chi connectivity index (χ4v) is 2.60. The molecule has 0 radical (unpaired) electrons. The van der Waals surface area contributed by atoms with E-state index in [1.165, 1.54) is 5.56 Å². The zero-order chi connectivity index (χ0) is 12.4. The summed E-state index contributed by atoms with van der Waals surface area (Å²) >= 11 is 3.59. The number of nitrogen functional groups attached to an aromatic ring is 1. The van der Waals surface area contributed by atoms with Gasteiger partial charge in [-0.3, -0.25) is 4.90 Å². The quantitative estimate of drug-likeness (QED) is 0.849. The molecule has 4 heteroatoms. The second-order valence-electron chi connectivity index (χ2n) is 4.92. The van der Waals surface area contributed by atoms with Gasteiger partial charge in [0.1, 0.15) is 0 Å². The molecule has 1 fully saturated rings. The van der Waals surface area contributed by atoms with Gasteiger partial charge in [-0.2, -0.15) is 0 Å². The van der Waals surface area contributed by atoms with Gasteiger partial charge in [-0.1, -0.05) is 15.9 Å². The normalized spacial score (nSPS) is 22.9. The van der Waals surface area contributed by atoms with E-state index in [1.54, 1.807) is 0 Å². The standard InChI is InChI=1S/C13H20BrN3/c1-10-8-17(6-5-16(10)2)9-11-7-12(15)3-4-13(11)14/h3-4,7,10H,5-6,8-9,15H2,1-2H3. The van der Waals surface area contributed by atoms with Crippen molar-refractivity contribution in [2.24, 2.45) is 0 Å². The first-order valence-electron chi connectivity index (χ1n) is 6.03. The highest BCUT2D eigenvalue weighted by atomic mass is 79.9. The van der Waals surface area contributed by atoms with Gasteiger partial charge in [-0.05, 0) is 37.7 Å². The molecule has 0 spiro atoms. The van der Waals surface area contributed by atoms with Crippen molar-refractivity contribution in [3.8, 4) is 0 Å². The van der Waals surface area contributed by atoms with E-state index in [1.807, 2.05) is 12.1 Å². The Morgan fingerprint density at radius 1 is 1.41 bits per heavy atom. The number of likely N-dealkylation sites (N-methyl/N-ethyl adjacent to an activating group) is 1. The zero-order valence-electron chi connectivity index (χ0n) is 10.5. The Balaban J connectivity index is 2.03. The molecule has 94 valence electrons. The maximum absolute atomic E-state index is 5.83. The van der Waals surface area contributed by atoms with Gasteiger partial charge in [0, 0.05) is 42.4 Å². The van der Waals surface area contributed by atoms with Gasteiger partial charge in [0.15, 0.2) is 0 Å². The highest BCUT2D eigenvalue weighted by molar-refractivity contribution is 9.10. The first kappa shape index (κ1) is 12.9. The number of rotatable bonds is 2. The molecule has 2 N–H and O–H groups in total. The van der Waals surface area contributed by atoms with Crippen LogP contribution in [0, 0.1) is 0 Å². The highest BCUT2D eigenvalue weighted by Gasteiger charge is 2.20. The van der Waals surface area contributed by atoms with E-state index in [-0.39, 0.29) is 0 Å². The molecule has 1 aromatic rings. The minimum Gasteiger partial charge on any atom is -0.399 e. The summed E-state index contributed by atoms with van der Waals surface area (Å²) in [7, 11) is 2.19. The Kier molecular flexibility index (Phi) is 4.07. The van der Waals surface area contributed by atoms with Crippen molar-refractivity contribution in [2.45, 2.75) is 19.5 Å². The number of halogens is 1. The van der Waals surface area contributed by atoms with Crippen LogP contribution in [0.4, 0.5) is 5.69 Å². The summed E-state index contributed by atoms with van der Waals surface area (Å²) in [4.78, 5) is 4.90. The van der Waals surface area contributed by atoms with Crippen molar-refractivity contribution in [1.29, 1.82) is 0 Å². The highest BCUT2D eigenvalue weighted by Crippen LogP contribution is 2.22. The lowest BCUT2D eigenvalue weighted by atomic mass is 10.1. The van der Waals surface area contributed by atoms with E-state index in [9.17, 15) is 0 Å². The summed E-state index contributed by atoms with van der Waals surface area (Å²) < 4.78 is 1.15. The first-order valence-corrected chi connectivity index (χ1v) is 6.82. The second kappa shape index (κ2) is 5.38. The fourth-order valence-electron chi connectivity index (χ4n) is 2.22. The van der Waals surface area contributed by atoms with E-state index in [2.05, 4.69) is 45.8 Å². The van der Waals surface area contributed by atoms with Crippen LogP contribution < -0.4 is 5.73 Å². The van der Waals surface area contributed by atoms with Crippen LogP contribution in [-0.2, 0) is 6.54 Å². The molecule has 0 aliphatic carbocycles. The molecule has 1 aliphatic heterocycles. The Hall–Kier alpha value is -0.580. The lowest BCUT2D eigenvalue weighted by molar-refractivity contribution is 0.0998. The minimum atomic E-state index is 0.628. The van der Waals surface area contributed by atoms with E-state index in [0.29, 0.717) is 6.04 Å². The molecule has 1 aromatic carbocycles. The van der Waals surface area contributed by atoms with E-state index < -0.39 is 0 Å². The number of hydrogen-bond acceptors (Lipinski definition) is 3. The summed E-state index contributed by atoms with van der Waals surface area (Å²) in [6.07, 6.45) is 0. The monoisotopic (exact) mass is 297 g/mol. The van der Waals surface area contributed by atoms with Crippen molar-refractivity contribution in [3.63, 3.8) is 0 Å². The molecule has 1 atom stereocenters. The van der Waals surface area contributed by atoms with Crippen molar-refractivity contribution in [3.05, 3.63) is 28.2 Å². The first-order chi connectivity index (χ1) is 8.06. The molecule has 1 aliphatic rings. The maximum Gasteiger partial charge on any atom is 0.0318 e. The summed E-state index contributed by atoms with van der Waals surface area (Å²) in [5, 5.41) is 0. The Morgan fingerprint density at radius 3 is 2.88 bits per heavy atom. The molecule has 0 bridgehead atoms.